The summed E-state index contributed by atoms with van der Waals surface area (Å²) in [4.78, 5) is 24.9. The van der Waals surface area contributed by atoms with E-state index in [1.807, 2.05) is 19.1 Å². The summed E-state index contributed by atoms with van der Waals surface area (Å²) < 4.78 is 24.4. The van der Waals surface area contributed by atoms with E-state index in [2.05, 4.69) is 0 Å². The second-order valence-electron chi connectivity index (χ2n) is 9.41. The van der Waals surface area contributed by atoms with Crippen LogP contribution in [0.5, 0.6) is 11.5 Å². The van der Waals surface area contributed by atoms with Gasteiger partial charge in [0.15, 0.2) is 5.78 Å². The first-order valence-electron chi connectivity index (χ1n) is 12.2. The minimum absolute atomic E-state index is 0.00645. The third-order valence-corrected chi connectivity index (χ3v) is 7.05. The molecule has 0 spiro atoms. The Morgan fingerprint density at radius 2 is 1.75 bits per heavy atom. The molecule has 0 amide bonds. The maximum absolute atomic E-state index is 14.3. The summed E-state index contributed by atoms with van der Waals surface area (Å²) in [6.45, 7) is 1.87. The van der Waals surface area contributed by atoms with Crippen LogP contribution in [0.1, 0.15) is 53.6 Å². The van der Waals surface area contributed by atoms with Gasteiger partial charge in [-0.15, -0.1) is 0 Å². The number of ketones is 1. The maximum Gasteiger partial charge on any atom is 0.309 e. The molecule has 1 aliphatic rings. The number of methoxy groups -OCH3 is 2. The molecular weight excluding hydrogens is 459 g/mol. The van der Waals surface area contributed by atoms with Gasteiger partial charge in [0.2, 0.25) is 0 Å². The van der Waals surface area contributed by atoms with Gasteiger partial charge in [0.05, 0.1) is 20.1 Å². The topological polar surface area (TPSA) is 72.8 Å². The maximum atomic E-state index is 14.3. The first kappa shape index (κ1) is 25.4. The predicted molar refractivity (Wildman–Crippen MR) is 136 cm³/mol. The lowest BCUT2D eigenvalue weighted by atomic mass is 9.82. The van der Waals surface area contributed by atoms with Crippen molar-refractivity contribution in [1.29, 1.82) is 0 Å². The van der Waals surface area contributed by atoms with Crippen LogP contribution in [0.3, 0.4) is 0 Å². The number of halogens is 1. The van der Waals surface area contributed by atoms with Crippen molar-refractivity contribution in [2.24, 2.45) is 11.8 Å². The lowest BCUT2D eigenvalue weighted by Crippen LogP contribution is -2.22. The highest BCUT2D eigenvalue weighted by Gasteiger charge is 2.39. The molecule has 2 unspecified atom stereocenters. The molecule has 4 rings (SSSR count). The summed E-state index contributed by atoms with van der Waals surface area (Å²) in [5.74, 6) is 0.146. The fraction of sp³-hybridized carbons (Fsp3) is 0.333. The van der Waals surface area contributed by atoms with Crippen LogP contribution in [0.4, 0.5) is 4.39 Å². The zero-order valence-corrected chi connectivity index (χ0v) is 20.8. The molecule has 3 aromatic rings. The van der Waals surface area contributed by atoms with E-state index in [0.29, 0.717) is 40.3 Å². The third kappa shape index (κ3) is 5.59. The van der Waals surface area contributed by atoms with E-state index in [0.717, 1.165) is 18.4 Å². The van der Waals surface area contributed by atoms with Crippen LogP contribution in [0, 0.1) is 17.7 Å². The van der Waals surface area contributed by atoms with Gasteiger partial charge in [0, 0.05) is 17.5 Å². The van der Waals surface area contributed by atoms with Crippen molar-refractivity contribution in [3.63, 3.8) is 0 Å². The Balaban J connectivity index is 1.42. The van der Waals surface area contributed by atoms with Gasteiger partial charge in [-0.1, -0.05) is 43.3 Å². The van der Waals surface area contributed by atoms with E-state index >= 15 is 0 Å². The monoisotopic (exact) mass is 490 g/mol. The number of hydrogen-bond donors (Lipinski definition) is 1. The summed E-state index contributed by atoms with van der Waals surface area (Å²) >= 11 is 0. The van der Waals surface area contributed by atoms with E-state index < -0.39 is 0 Å². The number of carbonyl (C=O) groups excluding carboxylic acids is 2. The standard InChI is InChI=1S/C30H31FO5/c1-18(30(34)36-3)29(22-9-10-22)23-11-8-21(28(33)16-23)12-15-27(32)20-6-4-19(5-7-20)25-17-24(35-2)13-14-26(25)31/h4-8,11,13-14,16-18,22,29,33H,9-10,12,15H2,1-3H3. The van der Waals surface area contributed by atoms with Gasteiger partial charge in [0.25, 0.3) is 0 Å². The molecule has 5 nitrogen and oxygen atoms in total. The SMILES string of the molecule is COC(=O)C(C)C(c1ccc(CCC(=O)c2ccc(-c3cc(OC)ccc3F)cc2)c(O)c1)C1CC1. The smallest absolute Gasteiger partial charge is 0.309 e. The molecule has 1 aliphatic carbocycles. The molecule has 1 N–H and O–H groups in total. The highest BCUT2D eigenvalue weighted by Crippen LogP contribution is 2.47. The number of Topliss-reactive ketones (excluding diaryl/α,β-unsaturated/α-hetero) is 1. The normalized spacial score (nSPS) is 14.7. The van der Waals surface area contributed by atoms with E-state index in [4.69, 9.17) is 9.47 Å². The van der Waals surface area contributed by atoms with Crippen LogP contribution in [-0.4, -0.2) is 31.1 Å². The molecule has 0 aromatic heterocycles. The zero-order valence-electron chi connectivity index (χ0n) is 20.8. The van der Waals surface area contributed by atoms with Gasteiger partial charge in [-0.05, 0) is 72.1 Å². The molecule has 0 heterocycles. The highest BCUT2D eigenvalue weighted by atomic mass is 19.1. The molecular formula is C30H31FO5. The summed E-state index contributed by atoms with van der Waals surface area (Å²) in [6.07, 6.45) is 2.74. The number of esters is 1. The molecule has 0 radical (unpaired) electrons. The quantitative estimate of drug-likeness (QED) is 0.266. The molecule has 1 fully saturated rings. The minimum atomic E-state index is -0.362. The van der Waals surface area contributed by atoms with Crippen molar-refractivity contribution in [2.75, 3.05) is 14.2 Å². The lowest BCUT2D eigenvalue weighted by Gasteiger charge is -2.23. The number of phenolic OH excluding ortho intramolecular Hbond substituents is 1. The molecule has 2 atom stereocenters. The van der Waals surface area contributed by atoms with Crippen molar-refractivity contribution in [1.82, 2.24) is 0 Å². The Bertz CT molecular complexity index is 1250. The van der Waals surface area contributed by atoms with Crippen LogP contribution in [0.25, 0.3) is 11.1 Å². The van der Waals surface area contributed by atoms with Gasteiger partial charge in [-0.2, -0.15) is 0 Å². The Kier molecular flexibility index (Phi) is 7.73. The Labute approximate surface area is 210 Å². The second-order valence-corrected chi connectivity index (χ2v) is 9.41. The first-order valence-corrected chi connectivity index (χ1v) is 12.2. The Hall–Kier alpha value is -3.67. The average molecular weight is 491 g/mol. The summed E-state index contributed by atoms with van der Waals surface area (Å²) in [5.41, 5.74) is 3.19. The number of benzene rings is 3. The van der Waals surface area contributed by atoms with E-state index in [1.54, 1.807) is 42.5 Å². The van der Waals surface area contributed by atoms with Gasteiger partial charge in [-0.25, -0.2) is 4.39 Å². The minimum Gasteiger partial charge on any atom is -0.508 e. The van der Waals surface area contributed by atoms with E-state index in [1.165, 1.54) is 20.3 Å². The number of carbonyl (C=O) groups is 2. The van der Waals surface area contributed by atoms with E-state index in [-0.39, 0.29) is 41.6 Å². The van der Waals surface area contributed by atoms with Crippen molar-refractivity contribution in [3.8, 4) is 22.6 Å². The molecule has 1 saturated carbocycles. The summed E-state index contributed by atoms with van der Waals surface area (Å²) in [7, 11) is 2.92. The van der Waals surface area contributed by atoms with Crippen molar-refractivity contribution in [2.45, 2.75) is 38.5 Å². The number of ether oxygens (including phenoxy) is 2. The Morgan fingerprint density at radius 3 is 2.36 bits per heavy atom. The molecule has 3 aromatic carbocycles. The van der Waals surface area contributed by atoms with Gasteiger partial charge < -0.3 is 14.6 Å². The van der Waals surface area contributed by atoms with Crippen LogP contribution in [-0.2, 0) is 16.0 Å². The number of phenols is 1. The van der Waals surface area contributed by atoms with Crippen LogP contribution >= 0.6 is 0 Å². The third-order valence-electron chi connectivity index (χ3n) is 7.05. The van der Waals surface area contributed by atoms with Crippen molar-refractivity contribution >= 4 is 11.8 Å². The number of hydrogen-bond acceptors (Lipinski definition) is 5. The van der Waals surface area contributed by atoms with Crippen molar-refractivity contribution < 1.29 is 28.6 Å². The molecule has 36 heavy (non-hydrogen) atoms. The largest absolute Gasteiger partial charge is 0.508 e. The Morgan fingerprint density at radius 1 is 1.03 bits per heavy atom. The van der Waals surface area contributed by atoms with Gasteiger partial charge >= 0.3 is 5.97 Å². The van der Waals surface area contributed by atoms with Crippen LogP contribution in [0.15, 0.2) is 60.7 Å². The molecule has 6 heteroatoms. The fourth-order valence-electron chi connectivity index (χ4n) is 4.84. The fourth-order valence-corrected chi connectivity index (χ4v) is 4.84. The van der Waals surface area contributed by atoms with Crippen LogP contribution in [0.2, 0.25) is 0 Å². The second kappa shape index (κ2) is 10.9. The molecule has 0 saturated heterocycles. The lowest BCUT2D eigenvalue weighted by molar-refractivity contribution is -0.145. The number of rotatable bonds is 10. The number of aryl methyl sites for hydroxylation is 1. The molecule has 188 valence electrons. The van der Waals surface area contributed by atoms with Crippen LogP contribution < -0.4 is 4.74 Å². The number of aromatic hydroxyl groups is 1. The summed E-state index contributed by atoms with van der Waals surface area (Å²) in [5, 5.41) is 10.7. The highest BCUT2D eigenvalue weighted by molar-refractivity contribution is 5.96. The predicted octanol–water partition coefficient (Wildman–Crippen LogP) is 6.33. The average Bonchev–Trinajstić information content (AvgIpc) is 3.73. The van der Waals surface area contributed by atoms with E-state index in [9.17, 15) is 19.1 Å². The summed E-state index contributed by atoms with van der Waals surface area (Å²) in [6, 6.07) is 16.9. The van der Waals surface area contributed by atoms with Gasteiger partial charge in [-0.3, -0.25) is 9.59 Å². The van der Waals surface area contributed by atoms with Gasteiger partial charge in [0.1, 0.15) is 17.3 Å². The molecule has 0 bridgehead atoms. The van der Waals surface area contributed by atoms with Crippen molar-refractivity contribution in [3.05, 3.63) is 83.2 Å². The molecule has 0 aliphatic heterocycles. The zero-order chi connectivity index (χ0) is 25.8. The first-order chi connectivity index (χ1) is 17.3.